The van der Waals surface area contributed by atoms with Crippen molar-refractivity contribution in [1.82, 2.24) is 0 Å². The summed E-state index contributed by atoms with van der Waals surface area (Å²) in [6.07, 6.45) is 0.903. The second-order valence-electron chi connectivity index (χ2n) is 3.31. The molecule has 0 aliphatic carbocycles. The second-order valence-corrected chi connectivity index (χ2v) is 5.45. The van der Waals surface area contributed by atoms with Gasteiger partial charge >= 0.3 is 0 Å². The van der Waals surface area contributed by atoms with Gasteiger partial charge in [-0.2, -0.15) is 0 Å². The van der Waals surface area contributed by atoms with Crippen molar-refractivity contribution in [3.63, 3.8) is 0 Å². The topological polar surface area (TPSA) is 80.3 Å². The molecule has 86 valence electrons. The van der Waals surface area contributed by atoms with E-state index < -0.39 is 27.3 Å². The van der Waals surface area contributed by atoms with Crippen molar-refractivity contribution in [3.05, 3.63) is 30.3 Å². The van der Waals surface area contributed by atoms with Gasteiger partial charge in [0.1, 0.15) is 5.75 Å². The first-order valence-electron chi connectivity index (χ1n) is 4.45. The van der Waals surface area contributed by atoms with E-state index in [1.807, 2.05) is 0 Å². The van der Waals surface area contributed by atoms with Crippen LogP contribution in [0.5, 0.6) is 0 Å². The standard InChI is InChI=1S/C10H11NO4S/c1-16(14,15)7-9(12)10(13)11-8-5-3-2-4-6-8/h2-6H,7H2,1H3,(H,11,13). The second kappa shape index (κ2) is 4.89. The maximum atomic E-state index is 11.3. The Morgan fingerprint density at radius 1 is 1.19 bits per heavy atom. The molecule has 0 unspecified atom stereocenters. The van der Waals surface area contributed by atoms with Gasteiger partial charge in [-0.3, -0.25) is 9.59 Å². The van der Waals surface area contributed by atoms with Crippen LogP contribution in [-0.4, -0.2) is 32.1 Å². The molecule has 1 aromatic rings. The molecule has 0 bridgehead atoms. The molecule has 0 aliphatic heterocycles. The van der Waals surface area contributed by atoms with Gasteiger partial charge in [0.05, 0.1) is 0 Å². The molecule has 6 heteroatoms. The van der Waals surface area contributed by atoms with Crippen molar-refractivity contribution in [3.8, 4) is 0 Å². The Hall–Kier alpha value is -1.69. The van der Waals surface area contributed by atoms with Crippen molar-refractivity contribution in [2.75, 3.05) is 17.3 Å². The smallest absolute Gasteiger partial charge is 0.292 e. The largest absolute Gasteiger partial charge is 0.319 e. The molecule has 0 aliphatic rings. The number of anilines is 1. The number of sulfone groups is 1. The predicted octanol–water partition coefficient (Wildman–Crippen LogP) is 0.239. The first kappa shape index (κ1) is 12.4. The SMILES string of the molecule is CS(=O)(=O)CC(=O)C(=O)Nc1ccccc1. The Bertz CT molecular complexity index is 493. The van der Waals surface area contributed by atoms with Crippen molar-refractivity contribution in [2.24, 2.45) is 0 Å². The minimum atomic E-state index is -3.47. The molecule has 0 saturated heterocycles. The van der Waals surface area contributed by atoms with Crippen LogP contribution in [-0.2, 0) is 19.4 Å². The van der Waals surface area contributed by atoms with Gasteiger partial charge < -0.3 is 5.32 Å². The number of nitrogens with one attached hydrogen (secondary N) is 1. The number of para-hydroxylation sites is 1. The number of rotatable bonds is 4. The third-order valence-corrected chi connectivity index (χ3v) is 2.46. The molecule has 0 spiro atoms. The van der Waals surface area contributed by atoms with Crippen LogP contribution < -0.4 is 5.32 Å². The van der Waals surface area contributed by atoms with Crippen LogP contribution in [0.15, 0.2) is 30.3 Å². The molecule has 0 radical (unpaired) electrons. The number of hydrogen-bond acceptors (Lipinski definition) is 4. The fourth-order valence-electron chi connectivity index (χ4n) is 1.03. The van der Waals surface area contributed by atoms with E-state index in [0.29, 0.717) is 5.69 Å². The van der Waals surface area contributed by atoms with E-state index in [1.165, 1.54) is 0 Å². The number of hydrogen-bond donors (Lipinski definition) is 1. The third-order valence-electron chi connectivity index (χ3n) is 1.68. The molecule has 1 amide bonds. The summed E-state index contributed by atoms with van der Waals surface area (Å²) in [6.45, 7) is 0. The molecular weight excluding hydrogens is 230 g/mol. The van der Waals surface area contributed by atoms with Crippen molar-refractivity contribution in [1.29, 1.82) is 0 Å². The lowest BCUT2D eigenvalue weighted by Gasteiger charge is -2.02. The van der Waals surface area contributed by atoms with Crippen molar-refractivity contribution in [2.45, 2.75) is 0 Å². The fourth-order valence-corrected chi connectivity index (χ4v) is 1.63. The lowest BCUT2D eigenvalue weighted by atomic mass is 10.3. The number of benzene rings is 1. The average molecular weight is 241 g/mol. The molecule has 16 heavy (non-hydrogen) atoms. The number of carbonyl (C=O) groups is 2. The minimum absolute atomic E-state index is 0.453. The van der Waals surface area contributed by atoms with Gasteiger partial charge in [0.2, 0.25) is 5.78 Å². The minimum Gasteiger partial charge on any atom is -0.319 e. The Labute approximate surface area is 93.4 Å². The summed E-state index contributed by atoms with van der Waals surface area (Å²) in [6, 6.07) is 8.35. The highest BCUT2D eigenvalue weighted by Gasteiger charge is 2.18. The Balaban J connectivity index is 2.64. The third kappa shape index (κ3) is 4.22. The zero-order valence-electron chi connectivity index (χ0n) is 8.64. The molecule has 0 heterocycles. The lowest BCUT2D eigenvalue weighted by Crippen LogP contribution is -2.28. The van der Waals surface area contributed by atoms with Crippen molar-refractivity contribution < 1.29 is 18.0 Å². The Kier molecular flexibility index (Phi) is 3.78. The molecular formula is C10H11NO4S. The highest BCUT2D eigenvalue weighted by Crippen LogP contribution is 2.04. The number of ketones is 1. The number of amides is 1. The first-order chi connectivity index (χ1) is 7.38. The summed E-state index contributed by atoms with van der Waals surface area (Å²) in [7, 11) is -3.47. The number of carbonyl (C=O) groups excluding carboxylic acids is 2. The molecule has 0 atom stereocenters. The Morgan fingerprint density at radius 3 is 2.25 bits per heavy atom. The Morgan fingerprint density at radius 2 is 1.75 bits per heavy atom. The summed E-state index contributed by atoms with van der Waals surface area (Å²) in [5.41, 5.74) is 0.453. The van der Waals surface area contributed by atoms with E-state index >= 15 is 0 Å². The average Bonchev–Trinajstić information content (AvgIpc) is 2.16. The van der Waals surface area contributed by atoms with E-state index in [0.717, 1.165) is 6.26 Å². The van der Waals surface area contributed by atoms with Gasteiger partial charge in [-0.05, 0) is 12.1 Å². The molecule has 5 nitrogen and oxygen atoms in total. The quantitative estimate of drug-likeness (QED) is 0.766. The van der Waals surface area contributed by atoms with Crippen LogP contribution in [0.4, 0.5) is 5.69 Å². The van der Waals surface area contributed by atoms with Gasteiger partial charge in [0.25, 0.3) is 5.91 Å². The van der Waals surface area contributed by atoms with E-state index in [4.69, 9.17) is 0 Å². The van der Waals surface area contributed by atoms with Crippen LogP contribution >= 0.6 is 0 Å². The summed E-state index contributed by atoms with van der Waals surface area (Å²) in [5, 5.41) is 2.31. The molecule has 1 N–H and O–H groups in total. The predicted molar refractivity (Wildman–Crippen MR) is 59.8 cm³/mol. The van der Waals surface area contributed by atoms with Crippen LogP contribution in [0.2, 0.25) is 0 Å². The van der Waals surface area contributed by atoms with Gasteiger partial charge in [-0.25, -0.2) is 8.42 Å². The van der Waals surface area contributed by atoms with E-state index in [-0.39, 0.29) is 0 Å². The molecule has 0 saturated carbocycles. The molecule has 1 rings (SSSR count). The maximum Gasteiger partial charge on any atom is 0.292 e. The normalized spacial score (nSPS) is 10.8. The molecule has 1 aromatic carbocycles. The zero-order chi connectivity index (χ0) is 12.2. The summed E-state index contributed by atoms with van der Waals surface area (Å²) < 4.78 is 21.6. The van der Waals surface area contributed by atoms with Crippen LogP contribution in [0.1, 0.15) is 0 Å². The van der Waals surface area contributed by atoms with Crippen LogP contribution in [0.25, 0.3) is 0 Å². The monoisotopic (exact) mass is 241 g/mol. The first-order valence-corrected chi connectivity index (χ1v) is 6.51. The van der Waals surface area contributed by atoms with Gasteiger partial charge in [0, 0.05) is 11.9 Å². The lowest BCUT2D eigenvalue weighted by molar-refractivity contribution is -0.133. The fraction of sp³-hybridized carbons (Fsp3) is 0.200. The van der Waals surface area contributed by atoms with Crippen LogP contribution in [0, 0.1) is 0 Å². The van der Waals surface area contributed by atoms with Gasteiger partial charge in [-0.1, -0.05) is 18.2 Å². The number of Topliss-reactive ketones (excluding diaryl/α,β-unsaturated/α-hetero) is 1. The zero-order valence-corrected chi connectivity index (χ0v) is 9.45. The maximum absolute atomic E-state index is 11.3. The molecule has 0 fully saturated rings. The summed E-state index contributed by atoms with van der Waals surface area (Å²) in [5.74, 6) is -2.66. The van der Waals surface area contributed by atoms with E-state index in [1.54, 1.807) is 30.3 Å². The van der Waals surface area contributed by atoms with E-state index in [9.17, 15) is 18.0 Å². The summed E-state index contributed by atoms with van der Waals surface area (Å²) in [4.78, 5) is 22.4. The van der Waals surface area contributed by atoms with Gasteiger partial charge in [-0.15, -0.1) is 0 Å². The molecule has 0 aromatic heterocycles. The van der Waals surface area contributed by atoms with E-state index in [2.05, 4.69) is 5.32 Å². The van der Waals surface area contributed by atoms with Crippen molar-refractivity contribution >= 4 is 27.2 Å². The summed E-state index contributed by atoms with van der Waals surface area (Å²) >= 11 is 0. The highest BCUT2D eigenvalue weighted by molar-refractivity contribution is 7.91. The van der Waals surface area contributed by atoms with Crippen LogP contribution in [0.3, 0.4) is 0 Å². The van der Waals surface area contributed by atoms with Gasteiger partial charge in [0.15, 0.2) is 9.84 Å². The highest BCUT2D eigenvalue weighted by atomic mass is 32.2.